The zero-order valence-corrected chi connectivity index (χ0v) is 20.2. The monoisotopic (exact) mass is 515 g/mol. The van der Waals surface area contributed by atoms with Gasteiger partial charge in [-0.3, -0.25) is 19.8 Å². The van der Waals surface area contributed by atoms with Gasteiger partial charge in [-0.1, -0.05) is 6.07 Å². The largest absolute Gasteiger partial charge is 0.416 e. The minimum atomic E-state index is -4.57. The van der Waals surface area contributed by atoms with Gasteiger partial charge < -0.3 is 14.6 Å². The Morgan fingerprint density at radius 1 is 1.14 bits per heavy atom. The predicted octanol–water partition coefficient (Wildman–Crippen LogP) is 3.89. The summed E-state index contributed by atoms with van der Waals surface area (Å²) in [5.74, 6) is -0.540. The molecule has 0 radical (unpaired) electrons. The summed E-state index contributed by atoms with van der Waals surface area (Å²) in [6.07, 6.45) is -1.04. The summed E-state index contributed by atoms with van der Waals surface area (Å²) in [5.41, 5.74) is 0.856. The second-order valence-corrected chi connectivity index (χ2v) is 9.47. The maximum Gasteiger partial charge on any atom is 0.416 e. The number of imidazole rings is 1. The minimum absolute atomic E-state index is 0.0292. The molecule has 1 aliphatic carbocycles. The molecule has 1 saturated carbocycles. The van der Waals surface area contributed by atoms with Crippen LogP contribution in [0.15, 0.2) is 42.5 Å². The van der Waals surface area contributed by atoms with Crippen LogP contribution in [0.25, 0.3) is 11.0 Å². The van der Waals surface area contributed by atoms with Crippen LogP contribution >= 0.6 is 0 Å². The smallest absolute Gasteiger partial charge is 0.396 e. The maximum absolute atomic E-state index is 13.1. The standard InChI is InChI=1S/C26H28F3N5O3/c27-26(28,29)18-5-1-4-17(14-18)24(37)31-25-30-21-15-20(8-9-22(21)34(25)12-3-13-35)33-11-2-10-32(16-23(33)36)19-6-7-19/h1,4-5,8-9,14-15,19,35H,2-3,6-7,10-13,16H2,(H,30,31,37). The molecule has 2 fully saturated rings. The van der Waals surface area contributed by atoms with Crippen LogP contribution in [0.2, 0.25) is 0 Å². The molecule has 8 nitrogen and oxygen atoms in total. The maximum atomic E-state index is 13.1. The van der Waals surface area contributed by atoms with Crippen LogP contribution in [0, 0.1) is 0 Å². The lowest BCUT2D eigenvalue weighted by atomic mass is 10.1. The lowest BCUT2D eigenvalue weighted by Gasteiger charge is -2.21. The van der Waals surface area contributed by atoms with E-state index in [0.717, 1.165) is 37.9 Å². The van der Waals surface area contributed by atoms with Gasteiger partial charge in [0.15, 0.2) is 0 Å². The summed E-state index contributed by atoms with van der Waals surface area (Å²) in [4.78, 5) is 34.4. The van der Waals surface area contributed by atoms with E-state index in [1.807, 2.05) is 12.1 Å². The van der Waals surface area contributed by atoms with Crippen molar-refractivity contribution in [2.24, 2.45) is 0 Å². The number of rotatable bonds is 7. The van der Waals surface area contributed by atoms with Gasteiger partial charge in [0.25, 0.3) is 5.91 Å². The number of anilines is 2. The first-order valence-corrected chi connectivity index (χ1v) is 12.4. The SMILES string of the molecule is O=C(Nc1nc2cc(N3CCCN(C4CC4)CC3=O)ccc2n1CCCO)c1cccc(C(F)(F)F)c1. The first-order valence-electron chi connectivity index (χ1n) is 12.4. The molecule has 2 N–H and O–H groups in total. The van der Waals surface area contributed by atoms with Crippen LogP contribution in [0.4, 0.5) is 24.8 Å². The van der Waals surface area contributed by atoms with Gasteiger partial charge in [-0.25, -0.2) is 4.98 Å². The molecule has 2 heterocycles. The molecular formula is C26H28F3N5O3. The van der Waals surface area contributed by atoms with Crippen LogP contribution in [-0.4, -0.2) is 63.7 Å². The van der Waals surface area contributed by atoms with Crippen LogP contribution < -0.4 is 10.2 Å². The van der Waals surface area contributed by atoms with Crippen molar-refractivity contribution in [3.8, 4) is 0 Å². The Kier molecular flexibility index (Phi) is 6.91. The van der Waals surface area contributed by atoms with E-state index < -0.39 is 17.6 Å². The van der Waals surface area contributed by atoms with Gasteiger partial charge in [0.1, 0.15) is 0 Å². The fraction of sp³-hybridized carbons (Fsp3) is 0.423. The molecule has 11 heteroatoms. The molecule has 5 rings (SSSR count). The van der Waals surface area contributed by atoms with Gasteiger partial charge in [-0.05, 0) is 62.1 Å². The van der Waals surface area contributed by atoms with Crippen molar-refractivity contribution in [1.29, 1.82) is 0 Å². The number of aliphatic hydroxyl groups excluding tert-OH is 1. The fourth-order valence-electron chi connectivity index (χ4n) is 4.77. The Balaban J connectivity index is 1.43. The number of carbonyl (C=O) groups excluding carboxylic acids is 2. The number of aryl methyl sites for hydroxylation is 1. The lowest BCUT2D eigenvalue weighted by Crippen LogP contribution is -2.37. The van der Waals surface area contributed by atoms with Gasteiger partial charge in [-0.15, -0.1) is 0 Å². The Morgan fingerprint density at radius 3 is 2.68 bits per heavy atom. The summed E-state index contributed by atoms with van der Waals surface area (Å²) in [5, 5.41) is 12.0. The highest BCUT2D eigenvalue weighted by Crippen LogP contribution is 2.31. The van der Waals surface area contributed by atoms with Crippen molar-refractivity contribution in [3.63, 3.8) is 0 Å². The Bertz CT molecular complexity index is 1320. The van der Waals surface area contributed by atoms with Crippen molar-refractivity contribution >= 4 is 34.5 Å². The number of aliphatic hydroxyl groups is 1. The quantitative estimate of drug-likeness (QED) is 0.498. The number of hydrogen-bond acceptors (Lipinski definition) is 5. The minimum Gasteiger partial charge on any atom is -0.396 e. The van der Waals surface area contributed by atoms with E-state index >= 15 is 0 Å². The number of amides is 2. The Hall–Kier alpha value is -3.44. The topological polar surface area (TPSA) is 90.7 Å². The van der Waals surface area contributed by atoms with Crippen LogP contribution in [-0.2, 0) is 17.5 Å². The number of alkyl halides is 3. The van der Waals surface area contributed by atoms with Crippen LogP contribution in [0.3, 0.4) is 0 Å². The van der Waals surface area contributed by atoms with E-state index in [1.54, 1.807) is 15.5 Å². The van der Waals surface area contributed by atoms with Crippen molar-refractivity contribution in [3.05, 3.63) is 53.6 Å². The lowest BCUT2D eigenvalue weighted by molar-refractivity contribution is -0.137. The first-order chi connectivity index (χ1) is 17.7. The van der Waals surface area contributed by atoms with E-state index in [9.17, 15) is 27.9 Å². The Labute approximate surface area is 211 Å². The number of carbonyl (C=O) groups is 2. The molecule has 2 amide bonds. The summed E-state index contributed by atoms with van der Waals surface area (Å²) in [7, 11) is 0. The highest BCUT2D eigenvalue weighted by atomic mass is 19.4. The molecule has 1 saturated heterocycles. The van der Waals surface area contributed by atoms with Crippen LogP contribution in [0.5, 0.6) is 0 Å². The van der Waals surface area contributed by atoms with E-state index in [-0.39, 0.29) is 24.0 Å². The van der Waals surface area contributed by atoms with Gasteiger partial charge in [0.05, 0.1) is 23.1 Å². The third kappa shape index (κ3) is 5.47. The highest BCUT2D eigenvalue weighted by molar-refractivity contribution is 6.04. The second-order valence-electron chi connectivity index (χ2n) is 9.47. The molecule has 0 unspecified atom stereocenters. The van der Waals surface area contributed by atoms with Gasteiger partial charge in [0.2, 0.25) is 11.9 Å². The molecule has 0 spiro atoms. The third-order valence-corrected chi connectivity index (χ3v) is 6.79. The van der Waals surface area contributed by atoms with Gasteiger partial charge in [0, 0.05) is 43.5 Å². The summed E-state index contributed by atoms with van der Waals surface area (Å²) in [6, 6.07) is 10.1. The highest BCUT2D eigenvalue weighted by Gasteiger charge is 2.33. The van der Waals surface area contributed by atoms with Crippen molar-refractivity contribution < 1.29 is 27.9 Å². The second kappa shape index (κ2) is 10.1. The zero-order valence-electron chi connectivity index (χ0n) is 20.2. The number of nitrogens with one attached hydrogen (secondary N) is 1. The number of aromatic nitrogens is 2. The summed E-state index contributed by atoms with van der Waals surface area (Å²) < 4.78 is 41.0. The molecule has 3 aromatic rings. The zero-order chi connectivity index (χ0) is 26.2. The predicted molar refractivity (Wildman–Crippen MR) is 132 cm³/mol. The first kappa shape index (κ1) is 25.2. The fourth-order valence-corrected chi connectivity index (χ4v) is 4.77. The molecule has 37 heavy (non-hydrogen) atoms. The van der Waals surface area contributed by atoms with E-state index in [4.69, 9.17) is 0 Å². The normalized spacial score (nSPS) is 17.3. The molecule has 2 aromatic carbocycles. The van der Waals surface area contributed by atoms with Gasteiger partial charge in [-0.2, -0.15) is 13.2 Å². The molecule has 1 aliphatic heterocycles. The molecule has 1 aromatic heterocycles. The average molecular weight is 516 g/mol. The number of nitrogens with zero attached hydrogens (tertiary/aromatic N) is 4. The summed E-state index contributed by atoms with van der Waals surface area (Å²) in [6.45, 7) is 2.11. The molecular weight excluding hydrogens is 487 g/mol. The van der Waals surface area contributed by atoms with Crippen LogP contribution in [0.1, 0.15) is 41.6 Å². The van der Waals surface area contributed by atoms with Crippen molar-refractivity contribution in [2.45, 2.75) is 44.4 Å². The Morgan fingerprint density at radius 2 is 1.95 bits per heavy atom. The van der Waals surface area contributed by atoms with Gasteiger partial charge >= 0.3 is 6.18 Å². The average Bonchev–Trinajstić information content (AvgIpc) is 3.68. The molecule has 0 atom stereocenters. The van der Waals surface area contributed by atoms with Crippen molar-refractivity contribution in [2.75, 3.05) is 36.5 Å². The van der Waals surface area contributed by atoms with Crippen molar-refractivity contribution in [1.82, 2.24) is 14.5 Å². The third-order valence-electron chi connectivity index (χ3n) is 6.79. The molecule has 196 valence electrons. The number of benzene rings is 2. The van der Waals surface area contributed by atoms with E-state index in [1.165, 1.54) is 12.1 Å². The number of halogens is 3. The van der Waals surface area contributed by atoms with E-state index in [0.29, 0.717) is 48.8 Å². The molecule has 0 bridgehead atoms. The molecule has 2 aliphatic rings. The van der Waals surface area contributed by atoms with E-state index in [2.05, 4.69) is 15.2 Å². The number of hydrogen-bond donors (Lipinski definition) is 2. The number of fused-ring (bicyclic) bond motifs is 1. The summed E-state index contributed by atoms with van der Waals surface area (Å²) >= 11 is 0.